The Kier molecular flexibility index (Phi) is 3.09. The molecule has 0 aliphatic carbocycles. The van der Waals surface area contributed by atoms with E-state index in [0.29, 0.717) is 6.61 Å². The van der Waals surface area contributed by atoms with E-state index in [1.807, 2.05) is 31.3 Å². The van der Waals surface area contributed by atoms with Crippen LogP contribution < -0.4 is 4.74 Å². The summed E-state index contributed by atoms with van der Waals surface area (Å²) < 4.78 is 5.56. The first kappa shape index (κ1) is 10.9. The third kappa shape index (κ3) is 1.87. The van der Waals surface area contributed by atoms with E-state index in [1.54, 1.807) is 4.90 Å². The van der Waals surface area contributed by atoms with Crippen molar-refractivity contribution < 1.29 is 9.84 Å². The molecule has 0 bridgehead atoms. The number of ether oxygens (including phenoxy) is 1. The quantitative estimate of drug-likeness (QED) is 0.750. The fourth-order valence-electron chi connectivity index (χ4n) is 1.93. The first-order valence-electron chi connectivity index (χ1n) is 5.21. The van der Waals surface area contributed by atoms with Crippen LogP contribution in [0.2, 0.25) is 0 Å². The first-order chi connectivity index (χ1) is 7.74. The maximum atomic E-state index is 10.2. The van der Waals surface area contributed by atoms with Gasteiger partial charge in [-0.1, -0.05) is 18.2 Å². The molecule has 0 fully saturated rings. The number of aliphatic hydroxyl groups is 1. The minimum Gasteiger partial charge on any atom is -0.491 e. The van der Waals surface area contributed by atoms with Gasteiger partial charge in [-0.15, -0.1) is 0 Å². The van der Waals surface area contributed by atoms with Gasteiger partial charge in [-0.05, 0) is 13.1 Å². The van der Waals surface area contributed by atoms with Crippen molar-refractivity contribution in [2.45, 2.75) is 12.1 Å². The van der Waals surface area contributed by atoms with Gasteiger partial charge in [0.25, 0.3) is 0 Å². The fourth-order valence-corrected chi connectivity index (χ4v) is 1.93. The summed E-state index contributed by atoms with van der Waals surface area (Å²) in [5.74, 6) is 0.733. The van der Waals surface area contributed by atoms with E-state index >= 15 is 0 Å². The maximum absolute atomic E-state index is 10.2. The Morgan fingerprint density at radius 2 is 2.31 bits per heavy atom. The van der Waals surface area contributed by atoms with Crippen LogP contribution in [0.1, 0.15) is 11.7 Å². The standard InChI is InChI=1S/C12H14N2O2/c1-14(7-6-13)10-8-16-11-5-3-2-4-9(11)12(10)15/h2-5,10,12,15H,7-8H2,1H3/t10-,12-/m0/s1. The van der Waals surface area contributed by atoms with Crippen LogP contribution >= 0.6 is 0 Å². The predicted molar refractivity (Wildman–Crippen MR) is 58.9 cm³/mol. The zero-order chi connectivity index (χ0) is 11.5. The molecule has 0 spiro atoms. The Morgan fingerprint density at radius 1 is 1.56 bits per heavy atom. The van der Waals surface area contributed by atoms with E-state index in [0.717, 1.165) is 11.3 Å². The van der Waals surface area contributed by atoms with E-state index < -0.39 is 6.10 Å². The molecule has 2 rings (SSSR count). The van der Waals surface area contributed by atoms with Crippen LogP contribution in [0, 0.1) is 11.3 Å². The molecule has 16 heavy (non-hydrogen) atoms. The Bertz CT molecular complexity index is 414. The van der Waals surface area contributed by atoms with Gasteiger partial charge in [0.15, 0.2) is 0 Å². The summed E-state index contributed by atoms with van der Waals surface area (Å²) in [6, 6.07) is 9.36. The number of aliphatic hydroxyl groups excluding tert-OH is 1. The van der Waals surface area contributed by atoms with Crippen LogP contribution in [0.15, 0.2) is 24.3 Å². The summed E-state index contributed by atoms with van der Waals surface area (Å²) in [5.41, 5.74) is 0.795. The topological polar surface area (TPSA) is 56.5 Å². The molecule has 0 radical (unpaired) electrons. The molecule has 1 aliphatic rings. The largest absolute Gasteiger partial charge is 0.491 e. The smallest absolute Gasteiger partial charge is 0.125 e. The molecule has 1 N–H and O–H groups in total. The van der Waals surface area contributed by atoms with Gasteiger partial charge in [-0.25, -0.2) is 0 Å². The van der Waals surface area contributed by atoms with Crippen LogP contribution in [0.4, 0.5) is 0 Å². The van der Waals surface area contributed by atoms with Gasteiger partial charge in [-0.3, -0.25) is 4.90 Å². The van der Waals surface area contributed by atoms with Crippen molar-refractivity contribution in [2.75, 3.05) is 20.2 Å². The molecule has 0 amide bonds. The van der Waals surface area contributed by atoms with Gasteiger partial charge in [0, 0.05) is 5.56 Å². The molecule has 1 aromatic rings. The second-order valence-electron chi connectivity index (χ2n) is 3.93. The molecule has 0 aromatic heterocycles. The second kappa shape index (κ2) is 4.52. The van der Waals surface area contributed by atoms with Crippen molar-refractivity contribution in [2.24, 2.45) is 0 Å². The van der Waals surface area contributed by atoms with Gasteiger partial charge < -0.3 is 9.84 Å². The molecule has 0 unspecified atom stereocenters. The minimum absolute atomic E-state index is 0.158. The highest BCUT2D eigenvalue weighted by atomic mass is 16.5. The van der Waals surface area contributed by atoms with Gasteiger partial charge >= 0.3 is 0 Å². The zero-order valence-corrected chi connectivity index (χ0v) is 9.13. The SMILES string of the molecule is CN(CC#N)[C@H]1COc2ccccc2[C@@H]1O. The van der Waals surface area contributed by atoms with E-state index in [9.17, 15) is 5.11 Å². The normalized spacial score (nSPS) is 23.4. The molecule has 0 saturated carbocycles. The predicted octanol–water partition coefficient (Wildman–Crippen LogP) is 0.936. The molecule has 1 aliphatic heterocycles. The number of rotatable bonds is 2. The Labute approximate surface area is 94.7 Å². The van der Waals surface area contributed by atoms with E-state index in [2.05, 4.69) is 6.07 Å². The lowest BCUT2D eigenvalue weighted by atomic mass is 9.98. The average molecular weight is 218 g/mol. The van der Waals surface area contributed by atoms with Gasteiger partial charge in [-0.2, -0.15) is 5.26 Å². The van der Waals surface area contributed by atoms with Gasteiger partial charge in [0.2, 0.25) is 0 Å². The van der Waals surface area contributed by atoms with Crippen LogP contribution in [-0.4, -0.2) is 36.2 Å². The van der Waals surface area contributed by atoms with Crippen molar-refractivity contribution in [3.63, 3.8) is 0 Å². The fraction of sp³-hybridized carbons (Fsp3) is 0.417. The number of benzene rings is 1. The molecule has 84 valence electrons. The number of hydrogen-bond donors (Lipinski definition) is 1. The van der Waals surface area contributed by atoms with Gasteiger partial charge in [0.05, 0.1) is 18.7 Å². The summed E-state index contributed by atoms with van der Waals surface area (Å²) in [4.78, 5) is 1.81. The third-order valence-electron chi connectivity index (χ3n) is 2.90. The average Bonchev–Trinajstić information content (AvgIpc) is 2.30. The van der Waals surface area contributed by atoms with Gasteiger partial charge in [0.1, 0.15) is 18.5 Å². The van der Waals surface area contributed by atoms with Crippen LogP contribution in [0.3, 0.4) is 0 Å². The lowest BCUT2D eigenvalue weighted by Gasteiger charge is -2.35. The van der Waals surface area contributed by atoms with Crippen LogP contribution in [0.5, 0.6) is 5.75 Å². The van der Waals surface area contributed by atoms with E-state index in [1.165, 1.54) is 0 Å². The minimum atomic E-state index is -0.594. The molecule has 4 nitrogen and oxygen atoms in total. The number of nitrogens with zero attached hydrogens (tertiary/aromatic N) is 2. The molecule has 2 atom stereocenters. The Balaban J connectivity index is 2.21. The van der Waals surface area contributed by atoms with Crippen LogP contribution in [-0.2, 0) is 0 Å². The molecular weight excluding hydrogens is 204 g/mol. The highest BCUT2D eigenvalue weighted by Crippen LogP contribution is 2.33. The highest BCUT2D eigenvalue weighted by molar-refractivity contribution is 5.37. The number of nitriles is 1. The first-order valence-corrected chi connectivity index (χ1v) is 5.21. The third-order valence-corrected chi connectivity index (χ3v) is 2.90. The van der Waals surface area contributed by atoms with Crippen molar-refractivity contribution in [3.05, 3.63) is 29.8 Å². The lowest BCUT2D eigenvalue weighted by Crippen LogP contribution is -2.44. The monoisotopic (exact) mass is 218 g/mol. The van der Waals surface area contributed by atoms with Crippen molar-refractivity contribution >= 4 is 0 Å². The van der Waals surface area contributed by atoms with Crippen molar-refractivity contribution in [3.8, 4) is 11.8 Å². The van der Waals surface area contributed by atoms with E-state index in [4.69, 9.17) is 10.00 Å². The second-order valence-corrected chi connectivity index (χ2v) is 3.93. The number of fused-ring (bicyclic) bond motifs is 1. The molecule has 1 aromatic carbocycles. The molecule has 0 saturated heterocycles. The summed E-state index contributed by atoms with van der Waals surface area (Å²) in [6.07, 6.45) is -0.594. The van der Waals surface area contributed by atoms with E-state index in [-0.39, 0.29) is 12.6 Å². The molecular formula is C12H14N2O2. The molecule has 4 heteroatoms. The Hall–Kier alpha value is -1.57. The van der Waals surface area contributed by atoms with Crippen molar-refractivity contribution in [1.29, 1.82) is 5.26 Å². The number of hydrogen-bond acceptors (Lipinski definition) is 4. The summed E-state index contributed by atoms with van der Waals surface area (Å²) in [7, 11) is 1.81. The summed E-state index contributed by atoms with van der Waals surface area (Å²) >= 11 is 0. The highest BCUT2D eigenvalue weighted by Gasteiger charge is 2.31. The molecule has 1 heterocycles. The number of para-hydroxylation sites is 1. The number of likely N-dealkylation sites (N-methyl/N-ethyl adjacent to an activating group) is 1. The summed E-state index contributed by atoms with van der Waals surface area (Å²) in [6.45, 7) is 0.698. The maximum Gasteiger partial charge on any atom is 0.125 e. The summed E-state index contributed by atoms with van der Waals surface area (Å²) in [5, 5.41) is 18.8. The Morgan fingerprint density at radius 3 is 3.06 bits per heavy atom. The van der Waals surface area contributed by atoms with Crippen LogP contribution in [0.25, 0.3) is 0 Å². The zero-order valence-electron chi connectivity index (χ0n) is 9.13. The van der Waals surface area contributed by atoms with Crippen molar-refractivity contribution in [1.82, 2.24) is 4.90 Å². The lowest BCUT2D eigenvalue weighted by molar-refractivity contribution is 0.0205.